The molecule has 23 heavy (non-hydrogen) atoms. The van der Waals surface area contributed by atoms with Crippen molar-refractivity contribution in [3.63, 3.8) is 0 Å². The van der Waals surface area contributed by atoms with Gasteiger partial charge in [-0.25, -0.2) is 0 Å². The molecule has 1 aromatic carbocycles. The Kier molecular flexibility index (Phi) is 5.55. The Labute approximate surface area is 139 Å². The monoisotopic (exact) mass is 319 g/mol. The van der Waals surface area contributed by atoms with Crippen LogP contribution in [-0.4, -0.2) is 26.2 Å². The molecule has 1 aliphatic carbocycles. The number of nitrogens with one attached hydrogen (secondary N) is 1. The quantitative estimate of drug-likeness (QED) is 0.911. The number of benzene rings is 1. The van der Waals surface area contributed by atoms with Gasteiger partial charge in [0.15, 0.2) is 11.5 Å². The first kappa shape index (κ1) is 17.6. The number of hydrogen-bond acceptors (Lipinski definition) is 3. The van der Waals surface area contributed by atoms with E-state index >= 15 is 0 Å². The fourth-order valence-electron chi connectivity index (χ4n) is 3.57. The molecule has 1 aliphatic rings. The maximum atomic E-state index is 12.6. The van der Waals surface area contributed by atoms with Crippen molar-refractivity contribution in [2.45, 2.75) is 52.5 Å². The Balaban J connectivity index is 2.14. The van der Waals surface area contributed by atoms with Gasteiger partial charge in [-0.1, -0.05) is 33.6 Å². The lowest BCUT2D eigenvalue weighted by Gasteiger charge is -2.40. The molecule has 4 heteroatoms. The SMILES string of the molecule is COc1ccc(C(=O)NC2CCCCC2C(C)(C)C)cc1OC. The third-order valence-corrected chi connectivity index (χ3v) is 4.84. The molecule has 2 unspecified atom stereocenters. The fourth-order valence-corrected chi connectivity index (χ4v) is 3.57. The third-order valence-electron chi connectivity index (χ3n) is 4.84. The summed E-state index contributed by atoms with van der Waals surface area (Å²) >= 11 is 0. The molecular formula is C19H29NO3. The molecule has 0 bridgehead atoms. The number of hydrogen-bond donors (Lipinski definition) is 1. The van der Waals surface area contributed by atoms with E-state index < -0.39 is 0 Å². The van der Waals surface area contributed by atoms with E-state index in [0.717, 1.165) is 6.42 Å². The average molecular weight is 319 g/mol. The molecule has 0 spiro atoms. The Hall–Kier alpha value is -1.71. The van der Waals surface area contributed by atoms with Gasteiger partial charge < -0.3 is 14.8 Å². The molecule has 1 saturated carbocycles. The van der Waals surface area contributed by atoms with E-state index in [9.17, 15) is 4.79 Å². The van der Waals surface area contributed by atoms with Crippen molar-refractivity contribution in [3.05, 3.63) is 23.8 Å². The number of amides is 1. The van der Waals surface area contributed by atoms with E-state index in [-0.39, 0.29) is 17.4 Å². The highest BCUT2D eigenvalue weighted by molar-refractivity contribution is 5.95. The van der Waals surface area contributed by atoms with Gasteiger partial charge in [0, 0.05) is 11.6 Å². The molecule has 2 atom stereocenters. The van der Waals surface area contributed by atoms with Gasteiger partial charge in [-0.15, -0.1) is 0 Å². The van der Waals surface area contributed by atoms with E-state index in [1.165, 1.54) is 19.3 Å². The van der Waals surface area contributed by atoms with Crippen LogP contribution >= 0.6 is 0 Å². The van der Waals surface area contributed by atoms with Crippen molar-refractivity contribution >= 4 is 5.91 Å². The van der Waals surface area contributed by atoms with Gasteiger partial charge in [0.05, 0.1) is 14.2 Å². The summed E-state index contributed by atoms with van der Waals surface area (Å²) < 4.78 is 10.5. The second-order valence-electron chi connectivity index (χ2n) is 7.41. The summed E-state index contributed by atoms with van der Waals surface area (Å²) in [4.78, 5) is 12.6. The molecule has 1 N–H and O–H groups in total. The Bertz CT molecular complexity index is 548. The highest BCUT2D eigenvalue weighted by atomic mass is 16.5. The van der Waals surface area contributed by atoms with Gasteiger partial charge >= 0.3 is 0 Å². The van der Waals surface area contributed by atoms with Crippen LogP contribution in [0.1, 0.15) is 56.8 Å². The van der Waals surface area contributed by atoms with Crippen LogP contribution in [0.25, 0.3) is 0 Å². The average Bonchev–Trinajstić information content (AvgIpc) is 2.53. The maximum Gasteiger partial charge on any atom is 0.251 e. The minimum Gasteiger partial charge on any atom is -0.493 e. The summed E-state index contributed by atoms with van der Waals surface area (Å²) in [6, 6.07) is 5.54. The van der Waals surface area contributed by atoms with Gasteiger partial charge in [0.2, 0.25) is 0 Å². The van der Waals surface area contributed by atoms with E-state index in [2.05, 4.69) is 26.1 Å². The number of carbonyl (C=O) groups excluding carboxylic acids is 1. The standard InChI is InChI=1S/C19H29NO3/c1-19(2,3)14-8-6-7-9-15(14)20-18(21)13-10-11-16(22-4)17(12-13)23-5/h10-12,14-15H,6-9H2,1-5H3,(H,20,21). The molecule has 0 aliphatic heterocycles. The molecule has 0 aromatic heterocycles. The fraction of sp³-hybridized carbons (Fsp3) is 0.632. The van der Waals surface area contributed by atoms with Crippen molar-refractivity contribution in [2.75, 3.05) is 14.2 Å². The number of rotatable bonds is 4. The van der Waals surface area contributed by atoms with Crippen molar-refractivity contribution in [3.8, 4) is 11.5 Å². The van der Waals surface area contributed by atoms with Gasteiger partial charge in [0.1, 0.15) is 0 Å². The summed E-state index contributed by atoms with van der Waals surface area (Å²) in [5, 5.41) is 3.25. The molecule has 0 saturated heterocycles. The molecule has 2 rings (SSSR count). The highest BCUT2D eigenvalue weighted by Gasteiger charge is 2.35. The van der Waals surface area contributed by atoms with Gasteiger partial charge in [0.25, 0.3) is 5.91 Å². The second kappa shape index (κ2) is 7.24. The largest absolute Gasteiger partial charge is 0.493 e. The van der Waals surface area contributed by atoms with Crippen LogP contribution < -0.4 is 14.8 Å². The molecular weight excluding hydrogens is 290 g/mol. The zero-order valence-electron chi connectivity index (χ0n) is 14.9. The topological polar surface area (TPSA) is 47.6 Å². The van der Waals surface area contributed by atoms with Crippen LogP contribution in [0.15, 0.2) is 18.2 Å². The first-order valence-electron chi connectivity index (χ1n) is 8.39. The zero-order valence-corrected chi connectivity index (χ0v) is 14.9. The Morgan fingerprint density at radius 1 is 1.09 bits per heavy atom. The van der Waals surface area contributed by atoms with Crippen LogP contribution in [0.5, 0.6) is 11.5 Å². The minimum atomic E-state index is -0.0351. The van der Waals surface area contributed by atoms with E-state index in [1.807, 2.05) is 0 Å². The first-order valence-corrected chi connectivity index (χ1v) is 8.39. The third kappa shape index (κ3) is 4.18. The highest BCUT2D eigenvalue weighted by Crippen LogP contribution is 2.38. The summed E-state index contributed by atoms with van der Waals surface area (Å²) in [6.07, 6.45) is 4.68. The molecule has 1 aromatic rings. The molecule has 0 heterocycles. The van der Waals surface area contributed by atoms with Gasteiger partial charge in [-0.2, -0.15) is 0 Å². The molecule has 4 nitrogen and oxygen atoms in total. The van der Waals surface area contributed by atoms with Crippen LogP contribution in [0.3, 0.4) is 0 Å². The minimum absolute atomic E-state index is 0.0351. The molecule has 1 fully saturated rings. The smallest absolute Gasteiger partial charge is 0.251 e. The summed E-state index contributed by atoms with van der Waals surface area (Å²) in [6.45, 7) is 6.79. The van der Waals surface area contributed by atoms with Crippen LogP contribution in [0.2, 0.25) is 0 Å². The normalized spacial score (nSPS) is 21.6. The Morgan fingerprint density at radius 3 is 2.35 bits per heavy atom. The van der Waals surface area contributed by atoms with Crippen molar-refractivity contribution < 1.29 is 14.3 Å². The predicted octanol–water partition coefficient (Wildman–Crippen LogP) is 4.04. The van der Waals surface area contributed by atoms with Gasteiger partial charge in [-0.3, -0.25) is 4.79 Å². The zero-order chi connectivity index (χ0) is 17.0. The lowest BCUT2D eigenvalue weighted by molar-refractivity contribution is 0.0829. The van der Waals surface area contributed by atoms with E-state index in [1.54, 1.807) is 32.4 Å². The molecule has 0 radical (unpaired) electrons. The number of methoxy groups -OCH3 is 2. The van der Waals surface area contributed by atoms with Crippen molar-refractivity contribution in [1.29, 1.82) is 0 Å². The second-order valence-corrected chi connectivity index (χ2v) is 7.41. The van der Waals surface area contributed by atoms with Gasteiger partial charge in [-0.05, 0) is 42.4 Å². The van der Waals surface area contributed by atoms with Crippen LogP contribution in [0.4, 0.5) is 0 Å². The van der Waals surface area contributed by atoms with Crippen molar-refractivity contribution in [1.82, 2.24) is 5.32 Å². The number of ether oxygens (including phenoxy) is 2. The maximum absolute atomic E-state index is 12.6. The summed E-state index contributed by atoms with van der Waals surface area (Å²) in [5.74, 6) is 1.69. The lowest BCUT2D eigenvalue weighted by Crippen LogP contribution is -2.46. The number of carbonyl (C=O) groups is 1. The first-order chi connectivity index (χ1) is 10.9. The lowest BCUT2D eigenvalue weighted by atomic mass is 9.69. The van der Waals surface area contributed by atoms with Crippen LogP contribution in [-0.2, 0) is 0 Å². The Morgan fingerprint density at radius 2 is 1.74 bits per heavy atom. The summed E-state index contributed by atoms with van der Waals surface area (Å²) in [7, 11) is 3.17. The van der Waals surface area contributed by atoms with Crippen LogP contribution in [0, 0.1) is 11.3 Å². The summed E-state index contributed by atoms with van der Waals surface area (Å²) in [5.41, 5.74) is 0.816. The van der Waals surface area contributed by atoms with E-state index in [4.69, 9.17) is 9.47 Å². The van der Waals surface area contributed by atoms with E-state index in [0.29, 0.717) is 23.0 Å². The predicted molar refractivity (Wildman–Crippen MR) is 92.2 cm³/mol. The molecule has 1 amide bonds. The molecule has 128 valence electrons. The van der Waals surface area contributed by atoms with Crippen molar-refractivity contribution in [2.24, 2.45) is 11.3 Å².